The number of aromatic amines is 1. The first-order chi connectivity index (χ1) is 11.2. The molecule has 0 radical (unpaired) electrons. The van der Waals surface area contributed by atoms with Crippen molar-refractivity contribution in [3.05, 3.63) is 45.9 Å². The molecule has 1 aromatic carbocycles. The quantitative estimate of drug-likeness (QED) is 0.840. The number of fused-ring (bicyclic) bond motifs is 1. The highest BCUT2D eigenvalue weighted by atomic mass is 16.7. The van der Waals surface area contributed by atoms with Gasteiger partial charge in [-0.3, -0.25) is 4.79 Å². The molecule has 1 aliphatic heterocycles. The van der Waals surface area contributed by atoms with Crippen molar-refractivity contribution < 1.29 is 9.31 Å². The topological polar surface area (TPSA) is 90.2 Å². The van der Waals surface area contributed by atoms with Gasteiger partial charge in [0.25, 0.3) is 5.56 Å². The number of nitrogens with two attached hydrogens (primary N) is 1. The lowest BCUT2D eigenvalue weighted by Crippen LogP contribution is -2.41. The van der Waals surface area contributed by atoms with Gasteiger partial charge in [-0.1, -0.05) is 12.1 Å². The third kappa shape index (κ3) is 2.90. The third-order valence-electron chi connectivity index (χ3n) is 4.81. The molecular formula is C17H22BN3O3. The lowest BCUT2D eigenvalue weighted by atomic mass is 9.77. The maximum absolute atomic E-state index is 11.7. The third-order valence-corrected chi connectivity index (χ3v) is 4.81. The second-order valence-corrected chi connectivity index (χ2v) is 7.02. The van der Waals surface area contributed by atoms with E-state index in [9.17, 15) is 4.79 Å². The highest BCUT2D eigenvalue weighted by Crippen LogP contribution is 2.38. The Labute approximate surface area is 141 Å². The largest absolute Gasteiger partial charge is 0.491 e. The summed E-state index contributed by atoms with van der Waals surface area (Å²) in [5.41, 5.74) is 7.32. The molecule has 6 nitrogen and oxygen atoms in total. The molecule has 0 aliphatic carbocycles. The van der Waals surface area contributed by atoms with E-state index in [2.05, 4.69) is 9.97 Å². The molecule has 0 bridgehead atoms. The van der Waals surface area contributed by atoms with Crippen LogP contribution in [0.4, 0.5) is 0 Å². The Balaban J connectivity index is 1.96. The number of hydrogen-bond acceptors (Lipinski definition) is 5. The fourth-order valence-electron chi connectivity index (χ4n) is 2.61. The van der Waals surface area contributed by atoms with Gasteiger partial charge in [0.05, 0.1) is 28.4 Å². The summed E-state index contributed by atoms with van der Waals surface area (Å²) in [6, 6.07) is 5.47. The van der Waals surface area contributed by atoms with Crippen LogP contribution in [0.1, 0.15) is 33.3 Å². The molecule has 3 rings (SSSR count). The average Bonchev–Trinajstić information content (AvgIpc) is 2.73. The SMILES string of the molecule is CC1(C)OB(C(=Cc2ccc3c(=O)[nH]cnc3c2)CN)OC1(C)C. The predicted molar refractivity (Wildman–Crippen MR) is 95.5 cm³/mol. The highest BCUT2D eigenvalue weighted by Gasteiger charge is 2.52. The summed E-state index contributed by atoms with van der Waals surface area (Å²) in [7, 11) is -0.483. The van der Waals surface area contributed by atoms with Crippen LogP contribution in [0.25, 0.3) is 17.0 Å². The van der Waals surface area contributed by atoms with E-state index in [1.807, 2.05) is 45.9 Å². The Morgan fingerprint density at radius 1 is 1.29 bits per heavy atom. The second kappa shape index (κ2) is 5.84. The maximum atomic E-state index is 11.7. The van der Waals surface area contributed by atoms with E-state index in [1.54, 1.807) is 6.07 Å². The first-order valence-corrected chi connectivity index (χ1v) is 7.97. The summed E-state index contributed by atoms with van der Waals surface area (Å²) >= 11 is 0. The van der Waals surface area contributed by atoms with Gasteiger partial charge < -0.3 is 20.0 Å². The molecule has 0 amide bonds. The Morgan fingerprint density at radius 2 is 1.96 bits per heavy atom. The molecular weight excluding hydrogens is 305 g/mol. The van der Waals surface area contributed by atoms with Crippen molar-refractivity contribution in [2.45, 2.75) is 38.9 Å². The van der Waals surface area contributed by atoms with Gasteiger partial charge in [-0.25, -0.2) is 4.98 Å². The summed E-state index contributed by atoms with van der Waals surface area (Å²) in [5, 5.41) is 0.555. The van der Waals surface area contributed by atoms with Gasteiger partial charge in [-0.15, -0.1) is 0 Å². The summed E-state index contributed by atoms with van der Waals surface area (Å²) in [6.45, 7) is 8.35. The van der Waals surface area contributed by atoms with Gasteiger partial charge in [-0.05, 0) is 50.9 Å². The summed E-state index contributed by atoms with van der Waals surface area (Å²) < 4.78 is 12.1. The Hall–Kier alpha value is -1.96. The van der Waals surface area contributed by atoms with Crippen molar-refractivity contribution in [3.8, 4) is 0 Å². The van der Waals surface area contributed by atoms with E-state index in [-0.39, 0.29) is 5.56 Å². The van der Waals surface area contributed by atoms with Crippen LogP contribution in [0.3, 0.4) is 0 Å². The number of nitrogens with one attached hydrogen (secondary N) is 1. The molecule has 0 unspecified atom stereocenters. The molecule has 2 aromatic rings. The van der Waals surface area contributed by atoms with Crippen LogP contribution in [-0.4, -0.2) is 34.8 Å². The molecule has 1 fully saturated rings. The van der Waals surface area contributed by atoms with Crippen molar-refractivity contribution in [2.24, 2.45) is 5.73 Å². The minimum atomic E-state index is -0.483. The second-order valence-electron chi connectivity index (χ2n) is 7.02. The lowest BCUT2D eigenvalue weighted by molar-refractivity contribution is 0.00578. The van der Waals surface area contributed by atoms with Crippen molar-refractivity contribution in [3.63, 3.8) is 0 Å². The molecule has 7 heteroatoms. The van der Waals surface area contributed by atoms with Crippen LogP contribution in [0, 0.1) is 0 Å². The van der Waals surface area contributed by atoms with E-state index in [1.165, 1.54) is 6.33 Å². The fourth-order valence-corrected chi connectivity index (χ4v) is 2.61. The smallest absolute Gasteiger partial charge is 0.400 e. The minimum Gasteiger partial charge on any atom is -0.400 e. The van der Waals surface area contributed by atoms with Crippen LogP contribution in [-0.2, 0) is 9.31 Å². The van der Waals surface area contributed by atoms with Gasteiger partial charge in [0.2, 0.25) is 0 Å². The molecule has 3 N–H and O–H groups in total. The number of aromatic nitrogens is 2. The molecule has 0 atom stereocenters. The van der Waals surface area contributed by atoms with Gasteiger partial charge in [0.15, 0.2) is 0 Å². The Morgan fingerprint density at radius 3 is 2.58 bits per heavy atom. The molecule has 2 heterocycles. The monoisotopic (exact) mass is 327 g/mol. The summed E-state index contributed by atoms with van der Waals surface area (Å²) in [5.74, 6) is 0. The van der Waals surface area contributed by atoms with Crippen molar-refractivity contribution >= 4 is 24.1 Å². The zero-order chi connectivity index (χ0) is 17.5. The van der Waals surface area contributed by atoms with Crippen molar-refractivity contribution in [1.82, 2.24) is 9.97 Å². The minimum absolute atomic E-state index is 0.152. The highest BCUT2D eigenvalue weighted by molar-refractivity contribution is 6.55. The maximum Gasteiger partial charge on any atom is 0.491 e. The van der Waals surface area contributed by atoms with Crippen LogP contribution in [0.2, 0.25) is 0 Å². The van der Waals surface area contributed by atoms with Gasteiger partial charge in [0.1, 0.15) is 0 Å². The van der Waals surface area contributed by atoms with E-state index < -0.39 is 18.3 Å². The zero-order valence-electron chi connectivity index (χ0n) is 14.4. The number of hydrogen-bond donors (Lipinski definition) is 2. The molecule has 0 spiro atoms. The van der Waals surface area contributed by atoms with Crippen LogP contribution in [0.15, 0.2) is 34.8 Å². The van der Waals surface area contributed by atoms with Gasteiger partial charge in [0, 0.05) is 6.54 Å². The summed E-state index contributed by atoms with van der Waals surface area (Å²) in [6.07, 6.45) is 3.33. The standard InChI is InChI=1S/C17H22BN3O3/c1-16(2)17(3,4)24-18(23-16)12(9-19)7-11-5-6-13-14(8-11)20-10-21-15(13)22/h5-8,10H,9,19H2,1-4H3,(H,20,21,22). The van der Waals surface area contributed by atoms with Gasteiger partial charge >= 0.3 is 7.12 Å². The van der Waals surface area contributed by atoms with Crippen LogP contribution in [0.5, 0.6) is 0 Å². The normalized spacial score (nSPS) is 19.9. The first kappa shape index (κ1) is 16.9. The first-order valence-electron chi connectivity index (χ1n) is 7.97. The van der Waals surface area contributed by atoms with E-state index >= 15 is 0 Å². The summed E-state index contributed by atoms with van der Waals surface area (Å²) in [4.78, 5) is 18.5. The lowest BCUT2D eigenvalue weighted by Gasteiger charge is -2.32. The Bertz CT molecular complexity index is 842. The Kier molecular flexibility index (Phi) is 4.11. The molecule has 24 heavy (non-hydrogen) atoms. The molecule has 1 aliphatic rings. The molecule has 1 saturated heterocycles. The zero-order valence-corrected chi connectivity index (χ0v) is 14.4. The molecule has 1 aromatic heterocycles. The molecule has 126 valence electrons. The van der Waals surface area contributed by atoms with Crippen LogP contribution < -0.4 is 11.3 Å². The van der Waals surface area contributed by atoms with Crippen molar-refractivity contribution in [1.29, 1.82) is 0 Å². The molecule has 0 saturated carbocycles. The average molecular weight is 327 g/mol. The number of benzene rings is 1. The van der Waals surface area contributed by atoms with Crippen LogP contribution >= 0.6 is 0 Å². The van der Waals surface area contributed by atoms with E-state index in [0.717, 1.165) is 11.0 Å². The van der Waals surface area contributed by atoms with Gasteiger partial charge in [-0.2, -0.15) is 0 Å². The number of nitrogens with zero attached hydrogens (tertiary/aromatic N) is 1. The number of rotatable bonds is 3. The van der Waals surface area contributed by atoms with E-state index in [4.69, 9.17) is 15.0 Å². The number of H-pyrrole nitrogens is 1. The van der Waals surface area contributed by atoms with E-state index in [0.29, 0.717) is 17.4 Å². The predicted octanol–water partition coefficient (Wildman–Crippen LogP) is 1.90. The fraction of sp³-hybridized carbons (Fsp3) is 0.412. The van der Waals surface area contributed by atoms with Crippen molar-refractivity contribution in [2.75, 3.05) is 6.54 Å².